The van der Waals surface area contributed by atoms with Crippen molar-refractivity contribution in [1.82, 2.24) is 0 Å². The van der Waals surface area contributed by atoms with Gasteiger partial charge in [0.25, 0.3) is 0 Å². The number of hydrogen-bond acceptors (Lipinski definition) is 2. The number of anilines is 1. The lowest BCUT2D eigenvalue weighted by molar-refractivity contribution is -0.00521. The van der Waals surface area contributed by atoms with Crippen LogP contribution in [0.2, 0.25) is 5.02 Å². The van der Waals surface area contributed by atoms with Crippen molar-refractivity contribution in [3.05, 3.63) is 28.8 Å². The maximum Gasteiger partial charge on any atom is 0.0726 e. The Balaban J connectivity index is 2.26. The third-order valence-corrected chi connectivity index (χ3v) is 3.88. The minimum Gasteiger partial charge on any atom is -0.372 e. The second-order valence-corrected chi connectivity index (χ2v) is 6.99. The zero-order chi connectivity index (χ0) is 14.2. The van der Waals surface area contributed by atoms with Crippen molar-refractivity contribution in [1.29, 1.82) is 0 Å². The van der Waals surface area contributed by atoms with Crippen LogP contribution < -0.4 is 4.90 Å². The van der Waals surface area contributed by atoms with E-state index in [1.165, 1.54) is 5.56 Å². The molecule has 0 radical (unpaired) electrons. The monoisotopic (exact) mass is 281 g/mol. The SMILES string of the molecule is CC1CN(c2ccc(C(C)(C)C)cc2Cl)CC(C)O1. The van der Waals surface area contributed by atoms with Crippen molar-refractivity contribution in [2.75, 3.05) is 18.0 Å². The van der Waals surface area contributed by atoms with Gasteiger partial charge in [0.05, 0.1) is 22.9 Å². The lowest BCUT2D eigenvalue weighted by Crippen LogP contribution is -2.45. The van der Waals surface area contributed by atoms with Crippen molar-refractivity contribution in [2.45, 2.75) is 52.2 Å². The normalized spacial score (nSPS) is 24.6. The Morgan fingerprint density at radius 1 is 1.16 bits per heavy atom. The van der Waals surface area contributed by atoms with Gasteiger partial charge in [-0.05, 0) is 37.0 Å². The molecule has 0 amide bonds. The molecule has 0 N–H and O–H groups in total. The summed E-state index contributed by atoms with van der Waals surface area (Å²) in [7, 11) is 0. The van der Waals surface area contributed by atoms with E-state index in [4.69, 9.17) is 16.3 Å². The van der Waals surface area contributed by atoms with Crippen molar-refractivity contribution in [3.8, 4) is 0 Å². The average Bonchev–Trinajstić information content (AvgIpc) is 2.26. The molecule has 1 aromatic rings. The average molecular weight is 282 g/mol. The molecule has 0 saturated carbocycles. The second-order valence-electron chi connectivity index (χ2n) is 6.58. The van der Waals surface area contributed by atoms with Crippen LogP contribution in [0, 0.1) is 0 Å². The van der Waals surface area contributed by atoms with E-state index in [0.717, 1.165) is 23.8 Å². The lowest BCUT2D eigenvalue weighted by atomic mass is 9.87. The van der Waals surface area contributed by atoms with E-state index in [9.17, 15) is 0 Å². The molecule has 2 unspecified atom stereocenters. The predicted molar refractivity (Wildman–Crippen MR) is 82.4 cm³/mol. The molecule has 2 atom stereocenters. The second kappa shape index (κ2) is 5.34. The van der Waals surface area contributed by atoms with E-state index in [2.05, 4.69) is 57.7 Å². The van der Waals surface area contributed by atoms with Gasteiger partial charge in [-0.3, -0.25) is 0 Å². The zero-order valence-electron chi connectivity index (χ0n) is 12.5. The van der Waals surface area contributed by atoms with E-state index in [1.54, 1.807) is 0 Å². The van der Waals surface area contributed by atoms with E-state index in [0.29, 0.717) is 0 Å². The summed E-state index contributed by atoms with van der Waals surface area (Å²) < 4.78 is 5.77. The molecule has 1 heterocycles. The van der Waals surface area contributed by atoms with Gasteiger partial charge in [0.2, 0.25) is 0 Å². The topological polar surface area (TPSA) is 12.5 Å². The summed E-state index contributed by atoms with van der Waals surface area (Å²) in [6, 6.07) is 6.43. The van der Waals surface area contributed by atoms with Gasteiger partial charge in [-0.15, -0.1) is 0 Å². The summed E-state index contributed by atoms with van der Waals surface area (Å²) >= 11 is 6.48. The zero-order valence-corrected chi connectivity index (χ0v) is 13.3. The first-order chi connectivity index (χ1) is 8.77. The number of ether oxygens (including phenoxy) is 1. The lowest BCUT2D eigenvalue weighted by Gasteiger charge is -2.37. The van der Waals surface area contributed by atoms with Crippen LogP contribution in [0.5, 0.6) is 0 Å². The van der Waals surface area contributed by atoms with E-state index in [-0.39, 0.29) is 17.6 Å². The van der Waals surface area contributed by atoms with Gasteiger partial charge in [0, 0.05) is 13.1 Å². The minimum atomic E-state index is 0.133. The molecule has 0 aliphatic carbocycles. The molecule has 2 rings (SSSR count). The van der Waals surface area contributed by atoms with Crippen LogP contribution in [-0.2, 0) is 10.2 Å². The number of benzene rings is 1. The molecule has 0 bridgehead atoms. The summed E-state index contributed by atoms with van der Waals surface area (Å²) in [6.07, 6.45) is 0.504. The largest absolute Gasteiger partial charge is 0.372 e. The molecule has 0 spiro atoms. The highest BCUT2D eigenvalue weighted by molar-refractivity contribution is 6.33. The van der Waals surface area contributed by atoms with Crippen molar-refractivity contribution in [3.63, 3.8) is 0 Å². The van der Waals surface area contributed by atoms with Gasteiger partial charge in [-0.25, -0.2) is 0 Å². The van der Waals surface area contributed by atoms with Gasteiger partial charge in [-0.2, -0.15) is 0 Å². The van der Waals surface area contributed by atoms with Gasteiger partial charge in [-0.1, -0.05) is 38.4 Å². The summed E-state index contributed by atoms with van der Waals surface area (Å²) in [5.41, 5.74) is 2.53. The summed E-state index contributed by atoms with van der Waals surface area (Å²) in [6.45, 7) is 12.6. The summed E-state index contributed by atoms with van der Waals surface area (Å²) in [5, 5.41) is 0.841. The van der Waals surface area contributed by atoms with Gasteiger partial charge < -0.3 is 9.64 Å². The molecular formula is C16H24ClNO. The minimum absolute atomic E-state index is 0.133. The Morgan fingerprint density at radius 2 is 1.74 bits per heavy atom. The van der Waals surface area contributed by atoms with Gasteiger partial charge >= 0.3 is 0 Å². The van der Waals surface area contributed by atoms with Crippen LogP contribution in [0.1, 0.15) is 40.2 Å². The number of morpholine rings is 1. The van der Waals surface area contributed by atoms with Crippen LogP contribution in [0.15, 0.2) is 18.2 Å². The maximum absolute atomic E-state index is 6.48. The molecule has 2 nitrogen and oxygen atoms in total. The Labute approximate surface area is 121 Å². The Hall–Kier alpha value is -0.730. The molecule has 1 saturated heterocycles. The Morgan fingerprint density at radius 3 is 2.21 bits per heavy atom. The Bertz CT molecular complexity index is 443. The number of hydrogen-bond donors (Lipinski definition) is 0. The van der Waals surface area contributed by atoms with Crippen molar-refractivity contribution >= 4 is 17.3 Å². The first-order valence-electron chi connectivity index (χ1n) is 6.98. The number of rotatable bonds is 1. The van der Waals surface area contributed by atoms with E-state index >= 15 is 0 Å². The highest BCUT2D eigenvalue weighted by atomic mass is 35.5. The number of nitrogens with zero attached hydrogens (tertiary/aromatic N) is 1. The van der Waals surface area contributed by atoms with Crippen LogP contribution in [-0.4, -0.2) is 25.3 Å². The first-order valence-corrected chi connectivity index (χ1v) is 7.35. The molecular weight excluding hydrogens is 258 g/mol. The maximum atomic E-state index is 6.48. The summed E-state index contributed by atoms with van der Waals surface area (Å²) in [4.78, 5) is 2.33. The first kappa shape index (κ1) is 14.7. The standard InChI is InChI=1S/C16H24ClNO/c1-11-9-18(10-12(2)19-11)15-7-6-13(8-14(15)17)16(3,4)5/h6-8,11-12H,9-10H2,1-5H3. The molecule has 1 aliphatic rings. The smallest absolute Gasteiger partial charge is 0.0726 e. The third kappa shape index (κ3) is 3.43. The third-order valence-electron chi connectivity index (χ3n) is 3.57. The van der Waals surface area contributed by atoms with E-state index in [1.807, 2.05) is 0 Å². The highest BCUT2D eigenvalue weighted by Crippen LogP contribution is 2.33. The molecule has 3 heteroatoms. The fraction of sp³-hybridized carbons (Fsp3) is 0.625. The van der Waals surface area contributed by atoms with Gasteiger partial charge in [0.1, 0.15) is 0 Å². The molecule has 1 aliphatic heterocycles. The van der Waals surface area contributed by atoms with E-state index < -0.39 is 0 Å². The predicted octanol–water partition coefficient (Wildman–Crippen LogP) is 4.25. The molecule has 106 valence electrons. The molecule has 19 heavy (non-hydrogen) atoms. The number of halogens is 1. The molecule has 1 fully saturated rings. The molecule has 1 aromatic carbocycles. The summed E-state index contributed by atoms with van der Waals surface area (Å²) in [5.74, 6) is 0. The Kier molecular flexibility index (Phi) is 4.12. The highest BCUT2D eigenvalue weighted by Gasteiger charge is 2.24. The fourth-order valence-corrected chi connectivity index (χ4v) is 2.90. The quantitative estimate of drug-likeness (QED) is 0.763. The van der Waals surface area contributed by atoms with Crippen molar-refractivity contribution < 1.29 is 4.74 Å². The van der Waals surface area contributed by atoms with Crippen LogP contribution in [0.4, 0.5) is 5.69 Å². The fourth-order valence-electron chi connectivity index (χ4n) is 2.60. The van der Waals surface area contributed by atoms with Crippen LogP contribution >= 0.6 is 11.6 Å². The molecule has 0 aromatic heterocycles. The van der Waals surface area contributed by atoms with Crippen LogP contribution in [0.3, 0.4) is 0 Å². The van der Waals surface area contributed by atoms with Crippen molar-refractivity contribution in [2.24, 2.45) is 0 Å². The van der Waals surface area contributed by atoms with Crippen LogP contribution in [0.25, 0.3) is 0 Å². The van der Waals surface area contributed by atoms with Gasteiger partial charge in [0.15, 0.2) is 0 Å².